The first-order chi connectivity index (χ1) is 9.66. The van der Waals surface area contributed by atoms with E-state index in [2.05, 4.69) is 9.97 Å². The van der Waals surface area contributed by atoms with E-state index >= 15 is 0 Å². The number of nitrogen functional groups attached to an aromatic ring is 1. The molecule has 0 radical (unpaired) electrons. The lowest BCUT2D eigenvalue weighted by Gasteiger charge is -2.07. The highest BCUT2D eigenvalue weighted by molar-refractivity contribution is 5.89. The topological polar surface area (TPSA) is 94.9 Å². The van der Waals surface area contributed by atoms with Crippen molar-refractivity contribution in [2.24, 2.45) is 0 Å². The Morgan fingerprint density at radius 3 is 2.70 bits per heavy atom. The third-order valence-corrected chi connectivity index (χ3v) is 3.01. The van der Waals surface area contributed by atoms with Crippen molar-refractivity contribution in [3.8, 4) is 11.1 Å². The fourth-order valence-electron chi connectivity index (χ4n) is 2.10. The molecule has 20 heavy (non-hydrogen) atoms. The number of hydrogen-bond acceptors (Lipinski definition) is 5. The van der Waals surface area contributed by atoms with Gasteiger partial charge in [-0.05, 0) is 24.3 Å². The lowest BCUT2D eigenvalue weighted by Crippen LogP contribution is -1.98. The van der Waals surface area contributed by atoms with Crippen LogP contribution in [0.5, 0.6) is 0 Å². The number of nitrogens with two attached hydrogens (primary N) is 1. The molecule has 2 aromatic heterocycles. The van der Waals surface area contributed by atoms with E-state index < -0.39 is 4.92 Å². The van der Waals surface area contributed by atoms with E-state index in [1.807, 2.05) is 6.07 Å². The van der Waals surface area contributed by atoms with Crippen LogP contribution in [0.15, 0.2) is 48.7 Å². The van der Waals surface area contributed by atoms with Crippen molar-refractivity contribution in [1.29, 1.82) is 0 Å². The summed E-state index contributed by atoms with van der Waals surface area (Å²) >= 11 is 0. The largest absolute Gasteiger partial charge is 0.383 e. The molecule has 0 aliphatic heterocycles. The minimum atomic E-state index is -0.428. The third kappa shape index (κ3) is 1.93. The van der Waals surface area contributed by atoms with Crippen molar-refractivity contribution < 1.29 is 4.92 Å². The van der Waals surface area contributed by atoms with E-state index in [1.165, 1.54) is 6.07 Å². The maximum atomic E-state index is 11.1. The van der Waals surface area contributed by atoms with Crippen LogP contribution in [-0.4, -0.2) is 14.9 Å². The molecule has 3 rings (SSSR count). The van der Waals surface area contributed by atoms with Gasteiger partial charge >= 0.3 is 0 Å². The summed E-state index contributed by atoms with van der Waals surface area (Å²) in [5, 5.41) is 11.9. The first-order valence-electron chi connectivity index (χ1n) is 5.92. The van der Waals surface area contributed by atoms with Gasteiger partial charge < -0.3 is 5.73 Å². The van der Waals surface area contributed by atoms with Crippen LogP contribution in [0.1, 0.15) is 0 Å². The Morgan fingerprint density at radius 2 is 1.90 bits per heavy atom. The Bertz CT molecular complexity index is 817. The van der Waals surface area contributed by atoms with Crippen molar-refractivity contribution in [3.05, 3.63) is 58.8 Å². The molecule has 3 aromatic rings. The third-order valence-electron chi connectivity index (χ3n) is 3.01. The van der Waals surface area contributed by atoms with E-state index in [-0.39, 0.29) is 11.5 Å². The van der Waals surface area contributed by atoms with E-state index in [1.54, 1.807) is 36.5 Å². The molecule has 0 bridgehead atoms. The summed E-state index contributed by atoms with van der Waals surface area (Å²) in [5.41, 5.74) is 7.43. The second-order valence-electron chi connectivity index (χ2n) is 4.25. The zero-order chi connectivity index (χ0) is 14.1. The van der Waals surface area contributed by atoms with Crippen LogP contribution in [0.4, 0.5) is 11.5 Å². The fraction of sp³-hybridized carbons (Fsp3) is 0. The highest BCUT2D eigenvalue weighted by Crippen LogP contribution is 2.34. The number of benzene rings is 1. The Morgan fingerprint density at radius 1 is 1.10 bits per heavy atom. The van der Waals surface area contributed by atoms with Crippen molar-refractivity contribution in [2.75, 3.05) is 5.73 Å². The minimum absolute atomic E-state index is 0.00393. The number of anilines is 1. The molecule has 2 heterocycles. The zero-order valence-corrected chi connectivity index (χ0v) is 10.4. The molecule has 6 heteroatoms. The Balaban J connectivity index is 2.29. The van der Waals surface area contributed by atoms with Crippen LogP contribution in [0.25, 0.3) is 22.2 Å². The monoisotopic (exact) mass is 266 g/mol. The van der Waals surface area contributed by atoms with Crippen molar-refractivity contribution >= 4 is 22.5 Å². The van der Waals surface area contributed by atoms with Crippen LogP contribution in [-0.2, 0) is 0 Å². The molecule has 0 amide bonds. The van der Waals surface area contributed by atoms with Crippen LogP contribution in [0.3, 0.4) is 0 Å². The van der Waals surface area contributed by atoms with Gasteiger partial charge in [0.25, 0.3) is 5.69 Å². The van der Waals surface area contributed by atoms with Crippen LogP contribution in [0, 0.1) is 10.1 Å². The van der Waals surface area contributed by atoms with Gasteiger partial charge in [-0.1, -0.05) is 12.1 Å². The number of para-hydroxylation sites is 1. The predicted octanol–water partition coefficient (Wildman–Crippen LogP) is 2.79. The summed E-state index contributed by atoms with van der Waals surface area (Å²) in [6.45, 7) is 0. The van der Waals surface area contributed by atoms with Gasteiger partial charge in [0, 0.05) is 23.2 Å². The van der Waals surface area contributed by atoms with Gasteiger partial charge in [-0.3, -0.25) is 10.1 Å². The van der Waals surface area contributed by atoms with Crippen LogP contribution >= 0.6 is 0 Å². The number of nitro groups is 1. The second-order valence-corrected chi connectivity index (χ2v) is 4.25. The molecular weight excluding hydrogens is 256 g/mol. The van der Waals surface area contributed by atoms with Crippen molar-refractivity contribution in [2.45, 2.75) is 0 Å². The second kappa shape index (κ2) is 4.58. The summed E-state index contributed by atoms with van der Waals surface area (Å²) in [6, 6.07) is 11.8. The maximum absolute atomic E-state index is 11.1. The number of nitrogens with zero attached hydrogens (tertiary/aromatic N) is 3. The first-order valence-corrected chi connectivity index (χ1v) is 5.92. The molecule has 0 saturated carbocycles. The molecule has 1 aromatic carbocycles. The average molecular weight is 266 g/mol. The minimum Gasteiger partial charge on any atom is -0.383 e. The first kappa shape index (κ1) is 12.0. The molecule has 0 unspecified atom stereocenters. The van der Waals surface area contributed by atoms with Gasteiger partial charge in [0.15, 0.2) is 5.65 Å². The lowest BCUT2D eigenvalue weighted by molar-refractivity contribution is -0.384. The van der Waals surface area contributed by atoms with E-state index in [4.69, 9.17) is 5.73 Å². The van der Waals surface area contributed by atoms with E-state index in [0.29, 0.717) is 16.8 Å². The van der Waals surface area contributed by atoms with Gasteiger partial charge in [-0.2, -0.15) is 0 Å². The molecule has 0 atom stereocenters. The van der Waals surface area contributed by atoms with Gasteiger partial charge in [0.1, 0.15) is 5.82 Å². The Kier molecular flexibility index (Phi) is 2.76. The molecule has 0 saturated heterocycles. The van der Waals surface area contributed by atoms with Gasteiger partial charge in [-0.25, -0.2) is 9.97 Å². The summed E-state index contributed by atoms with van der Waals surface area (Å²) < 4.78 is 0. The molecule has 0 aliphatic carbocycles. The maximum Gasteiger partial charge on any atom is 0.277 e. The highest BCUT2D eigenvalue weighted by Gasteiger charge is 2.17. The Hall–Kier alpha value is -3.02. The van der Waals surface area contributed by atoms with Crippen LogP contribution < -0.4 is 5.73 Å². The molecule has 98 valence electrons. The summed E-state index contributed by atoms with van der Waals surface area (Å²) in [6.07, 6.45) is 1.62. The lowest BCUT2D eigenvalue weighted by atomic mass is 10.0. The number of nitro benzene ring substituents is 1. The van der Waals surface area contributed by atoms with Gasteiger partial charge in [-0.15, -0.1) is 0 Å². The number of rotatable bonds is 2. The standard InChI is InChI=1S/C14H10N4O2/c15-13-11(8-9-4-3-7-16-14(9)17-13)10-5-1-2-6-12(10)18(19)20/h1-8H,(H2,15,16,17). The average Bonchev–Trinajstić information content (AvgIpc) is 2.46. The van der Waals surface area contributed by atoms with Crippen molar-refractivity contribution in [1.82, 2.24) is 9.97 Å². The number of hydrogen-bond donors (Lipinski definition) is 1. The molecule has 0 fully saturated rings. The van der Waals surface area contributed by atoms with Crippen molar-refractivity contribution in [3.63, 3.8) is 0 Å². The van der Waals surface area contributed by atoms with E-state index in [0.717, 1.165) is 5.39 Å². The Labute approximate surface area is 114 Å². The number of aromatic nitrogens is 2. The zero-order valence-electron chi connectivity index (χ0n) is 10.4. The summed E-state index contributed by atoms with van der Waals surface area (Å²) in [4.78, 5) is 19.0. The van der Waals surface area contributed by atoms with Crippen LogP contribution in [0.2, 0.25) is 0 Å². The predicted molar refractivity (Wildman–Crippen MR) is 76.0 cm³/mol. The van der Waals surface area contributed by atoms with Gasteiger partial charge in [0.05, 0.1) is 10.5 Å². The molecule has 0 aliphatic rings. The molecule has 0 spiro atoms. The smallest absolute Gasteiger partial charge is 0.277 e. The SMILES string of the molecule is Nc1nc2ncccc2cc1-c1ccccc1[N+](=O)[O-]. The number of fused-ring (bicyclic) bond motifs is 1. The molecular formula is C14H10N4O2. The van der Waals surface area contributed by atoms with Gasteiger partial charge in [0.2, 0.25) is 0 Å². The normalized spacial score (nSPS) is 10.6. The summed E-state index contributed by atoms with van der Waals surface area (Å²) in [7, 11) is 0. The fourth-order valence-corrected chi connectivity index (χ4v) is 2.10. The molecule has 2 N–H and O–H groups in total. The van der Waals surface area contributed by atoms with E-state index in [9.17, 15) is 10.1 Å². The highest BCUT2D eigenvalue weighted by atomic mass is 16.6. The number of pyridine rings is 2. The molecule has 6 nitrogen and oxygen atoms in total. The summed E-state index contributed by atoms with van der Waals surface area (Å²) in [5.74, 6) is 0.227. The quantitative estimate of drug-likeness (QED) is 0.568.